The maximum Gasteiger partial charge on any atom is 0.140 e. The normalized spacial score (nSPS) is 26.7. The second-order valence-corrected chi connectivity index (χ2v) is 7.79. The quantitative estimate of drug-likeness (QED) is 0.628. The standard InChI is InChI=1S/C22H25N3O4/c1-13-5-7-24-22-14(13)6-9-25(22)16-11-19(21(27)20(16)26)29-18-4-2-3-17-15(18)12-23-8-10-28-17/h2-7,9,16,19-21,23,26-27H,8,10-12H2,1H3/t16-,19+,20+,21-/m1/s1. The fourth-order valence-electron chi connectivity index (χ4n) is 4.40. The molecule has 0 saturated heterocycles. The van der Waals surface area contributed by atoms with Crippen molar-refractivity contribution in [3.8, 4) is 11.5 Å². The van der Waals surface area contributed by atoms with Gasteiger partial charge in [-0.15, -0.1) is 0 Å². The summed E-state index contributed by atoms with van der Waals surface area (Å²) in [5.74, 6) is 1.48. The van der Waals surface area contributed by atoms with Crippen LogP contribution in [0, 0.1) is 6.92 Å². The molecule has 7 heteroatoms. The van der Waals surface area contributed by atoms with Crippen molar-refractivity contribution in [3.63, 3.8) is 0 Å². The molecule has 0 spiro atoms. The molecule has 152 valence electrons. The highest BCUT2D eigenvalue weighted by atomic mass is 16.5. The van der Waals surface area contributed by atoms with Crippen LogP contribution in [0.3, 0.4) is 0 Å². The van der Waals surface area contributed by atoms with E-state index in [1.807, 2.05) is 48.0 Å². The zero-order chi connectivity index (χ0) is 20.0. The monoisotopic (exact) mass is 395 g/mol. The number of aromatic nitrogens is 2. The van der Waals surface area contributed by atoms with Crippen LogP contribution in [0.4, 0.5) is 0 Å². The summed E-state index contributed by atoms with van der Waals surface area (Å²) in [6, 6.07) is 9.37. The van der Waals surface area contributed by atoms with Crippen molar-refractivity contribution in [1.29, 1.82) is 0 Å². The molecule has 2 aliphatic rings. The molecule has 2 aromatic heterocycles. The van der Waals surface area contributed by atoms with Gasteiger partial charge in [-0.25, -0.2) is 4.98 Å². The van der Waals surface area contributed by atoms with Crippen LogP contribution < -0.4 is 14.8 Å². The number of pyridine rings is 1. The summed E-state index contributed by atoms with van der Waals surface area (Å²) < 4.78 is 13.9. The molecular formula is C22H25N3O4. The fourth-order valence-corrected chi connectivity index (χ4v) is 4.40. The van der Waals surface area contributed by atoms with E-state index in [0.717, 1.165) is 34.5 Å². The van der Waals surface area contributed by atoms with E-state index in [9.17, 15) is 10.2 Å². The molecule has 1 aromatic carbocycles. The van der Waals surface area contributed by atoms with Gasteiger partial charge in [0.05, 0.1) is 6.04 Å². The lowest BCUT2D eigenvalue weighted by Gasteiger charge is -2.21. The Balaban J connectivity index is 1.43. The minimum absolute atomic E-state index is 0.307. The molecule has 1 fully saturated rings. The van der Waals surface area contributed by atoms with Gasteiger partial charge in [0.1, 0.15) is 42.1 Å². The molecule has 7 nitrogen and oxygen atoms in total. The molecule has 1 aliphatic heterocycles. The molecule has 0 unspecified atom stereocenters. The predicted octanol–water partition coefficient (Wildman–Crippen LogP) is 1.94. The largest absolute Gasteiger partial charge is 0.492 e. The number of fused-ring (bicyclic) bond motifs is 2. The Morgan fingerprint density at radius 2 is 2.10 bits per heavy atom. The molecule has 0 amide bonds. The van der Waals surface area contributed by atoms with Crippen LogP contribution >= 0.6 is 0 Å². The molecule has 5 rings (SSSR count). The molecule has 0 radical (unpaired) electrons. The third-order valence-electron chi connectivity index (χ3n) is 6.00. The first-order valence-corrected chi connectivity index (χ1v) is 10.0. The zero-order valence-electron chi connectivity index (χ0n) is 16.3. The first kappa shape index (κ1) is 18.4. The van der Waals surface area contributed by atoms with Crippen LogP contribution in [-0.4, -0.2) is 51.2 Å². The van der Waals surface area contributed by atoms with Crippen LogP contribution in [0.1, 0.15) is 23.6 Å². The summed E-state index contributed by atoms with van der Waals surface area (Å²) in [6.45, 7) is 4.06. The Labute approximate surface area is 168 Å². The third kappa shape index (κ3) is 3.15. The Kier molecular flexibility index (Phi) is 4.66. The highest BCUT2D eigenvalue weighted by Gasteiger charge is 2.44. The van der Waals surface area contributed by atoms with Gasteiger partial charge in [0.15, 0.2) is 0 Å². The van der Waals surface area contributed by atoms with Crippen LogP contribution in [-0.2, 0) is 6.54 Å². The van der Waals surface area contributed by atoms with Gasteiger partial charge in [-0.05, 0) is 36.8 Å². The van der Waals surface area contributed by atoms with Gasteiger partial charge >= 0.3 is 0 Å². The maximum atomic E-state index is 10.8. The predicted molar refractivity (Wildman–Crippen MR) is 108 cm³/mol. The lowest BCUT2D eigenvalue weighted by Crippen LogP contribution is -2.34. The van der Waals surface area contributed by atoms with Crippen LogP contribution in [0.2, 0.25) is 0 Å². The highest BCUT2D eigenvalue weighted by Crippen LogP contribution is 2.38. The first-order valence-electron chi connectivity index (χ1n) is 10.0. The maximum absolute atomic E-state index is 10.8. The van der Waals surface area contributed by atoms with Gasteiger partial charge in [0, 0.05) is 42.9 Å². The number of aryl methyl sites for hydroxylation is 1. The summed E-state index contributed by atoms with van der Waals surface area (Å²) >= 11 is 0. The fraction of sp³-hybridized carbons (Fsp3) is 0.409. The number of rotatable bonds is 3. The number of aliphatic hydroxyl groups excluding tert-OH is 2. The van der Waals surface area contributed by atoms with Crippen molar-refractivity contribution >= 4 is 11.0 Å². The lowest BCUT2D eigenvalue weighted by atomic mass is 10.1. The van der Waals surface area contributed by atoms with Gasteiger partial charge in [-0.2, -0.15) is 0 Å². The second-order valence-electron chi connectivity index (χ2n) is 7.79. The topological polar surface area (TPSA) is 88.8 Å². The molecule has 29 heavy (non-hydrogen) atoms. The summed E-state index contributed by atoms with van der Waals surface area (Å²) in [5.41, 5.74) is 2.89. The van der Waals surface area contributed by atoms with Crippen LogP contribution in [0.15, 0.2) is 42.7 Å². The molecule has 3 heterocycles. The first-order chi connectivity index (χ1) is 14.1. The Morgan fingerprint density at radius 3 is 3.00 bits per heavy atom. The van der Waals surface area contributed by atoms with Gasteiger partial charge < -0.3 is 29.6 Å². The minimum atomic E-state index is -0.988. The Bertz CT molecular complexity index is 1030. The summed E-state index contributed by atoms with van der Waals surface area (Å²) in [5, 5.41) is 25.9. The van der Waals surface area contributed by atoms with Gasteiger partial charge in [-0.3, -0.25) is 0 Å². The van der Waals surface area contributed by atoms with Crippen LogP contribution in [0.5, 0.6) is 11.5 Å². The average Bonchev–Trinajstić information content (AvgIpc) is 3.15. The number of aliphatic hydroxyl groups is 2. The molecule has 0 bridgehead atoms. The van der Waals surface area contributed by atoms with Crippen molar-refractivity contribution in [3.05, 3.63) is 53.9 Å². The van der Waals surface area contributed by atoms with E-state index in [-0.39, 0.29) is 6.04 Å². The number of ether oxygens (including phenoxy) is 2. The summed E-state index contributed by atoms with van der Waals surface area (Å²) in [7, 11) is 0. The molecular weight excluding hydrogens is 370 g/mol. The molecule has 1 saturated carbocycles. The van der Waals surface area contributed by atoms with E-state index in [0.29, 0.717) is 25.3 Å². The van der Waals surface area contributed by atoms with Crippen molar-refractivity contribution in [2.45, 2.75) is 44.2 Å². The lowest BCUT2D eigenvalue weighted by molar-refractivity contribution is -0.0166. The zero-order valence-corrected chi connectivity index (χ0v) is 16.3. The number of nitrogens with zero attached hydrogens (tertiary/aromatic N) is 2. The van der Waals surface area contributed by atoms with E-state index in [2.05, 4.69) is 10.3 Å². The molecule has 1 aliphatic carbocycles. The highest BCUT2D eigenvalue weighted by molar-refractivity contribution is 5.79. The van der Waals surface area contributed by atoms with Crippen molar-refractivity contribution in [2.75, 3.05) is 13.2 Å². The number of hydrogen-bond acceptors (Lipinski definition) is 6. The van der Waals surface area contributed by atoms with E-state index in [1.54, 1.807) is 6.20 Å². The van der Waals surface area contributed by atoms with Crippen molar-refractivity contribution < 1.29 is 19.7 Å². The minimum Gasteiger partial charge on any atom is -0.492 e. The Hall–Kier alpha value is -2.61. The molecule has 3 N–H and O–H groups in total. The molecule has 3 aromatic rings. The average molecular weight is 395 g/mol. The van der Waals surface area contributed by atoms with E-state index < -0.39 is 18.3 Å². The van der Waals surface area contributed by atoms with E-state index >= 15 is 0 Å². The Morgan fingerprint density at radius 1 is 1.21 bits per heavy atom. The SMILES string of the molecule is Cc1ccnc2c1ccn2[C@@H]1C[C@H](Oc2cccc3c2CNCCO3)[C@@H](O)[C@H]1O. The van der Waals surface area contributed by atoms with Gasteiger partial charge in [0.2, 0.25) is 0 Å². The van der Waals surface area contributed by atoms with Gasteiger partial charge in [-0.1, -0.05) is 6.07 Å². The van der Waals surface area contributed by atoms with Gasteiger partial charge in [0.25, 0.3) is 0 Å². The third-order valence-corrected chi connectivity index (χ3v) is 6.00. The van der Waals surface area contributed by atoms with Crippen molar-refractivity contribution in [2.24, 2.45) is 0 Å². The smallest absolute Gasteiger partial charge is 0.140 e. The number of nitrogens with one attached hydrogen (secondary N) is 1. The van der Waals surface area contributed by atoms with E-state index in [4.69, 9.17) is 9.47 Å². The number of hydrogen-bond donors (Lipinski definition) is 3. The second kappa shape index (κ2) is 7.33. The van der Waals surface area contributed by atoms with Crippen molar-refractivity contribution in [1.82, 2.24) is 14.9 Å². The molecule has 4 atom stereocenters. The van der Waals surface area contributed by atoms with Crippen LogP contribution in [0.25, 0.3) is 11.0 Å². The summed E-state index contributed by atoms with van der Waals surface area (Å²) in [4.78, 5) is 4.49. The summed E-state index contributed by atoms with van der Waals surface area (Å²) in [6.07, 6.45) is 1.74. The van der Waals surface area contributed by atoms with E-state index in [1.165, 1.54) is 0 Å². The number of benzene rings is 1.